The number of carbonyl (C=O) groups is 1. The minimum atomic E-state index is -3.70. The number of methoxy groups -OCH3 is 1. The van der Waals surface area contributed by atoms with Crippen LogP contribution in [0, 0.1) is 0 Å². The van der Waals surface area contributed by atoms with Crippen molar-refractivity contribution < 1.29 is 17.9 Å². The van der Waals surface area contributed by atoms with Gasteiger partial charge in [-0.2, -0.15) is 0 Å². The van der Waals surface area contributed by atoms with Crippen LogP contribution in [0.5, 0.6) is 0 Å². The first kappa shape index (κ1) is 26.7. The molecule has 0 spiro atoms. The third-order valence-electron chi connectivity index (χ3n) is 5.68. The number of hydrogen-bond acceptors (Lipinski definition) is 4. The Bertz CT molecular complexity index is 1170. The van der Waals surface area contributed by atoms with E-state index in [0.717, 1.165) is 22.0 Å². The molecule has 1 heterocycles. The number of carbonyl (C=O) groups excluding carboxylic acids is 1. The Morgan fingerprint density at radius 2 is 1.45 bits per heavy atom. The molecule has 33 heavy (non-hydrogen) atoms. The van der Waals surface area contributed by atoms with Crippen molar-refractivity contribution >= 4 is 26.9 Å². The lowest BCUT2D eigenvalue weighted by molar-refractivity contribution is -0.140. The Morgan fingerprint density at radius 1 is 0.909 bits per heavy atom. The fourth-order valence-corrected chi connectivity index (χ4v) is 5.73. The number of esters is 1. The number of hydrogen-bond donors (Lipinski definition) is 0. The van der Waals surface area contributed by atoms with Gasteiger partial charge >= 0.3 is 5.97 Å². The molecule has 0 aliphatic carbocycles. The summed E-state index contributed by atoms with van der Waals surface area (Å²) in [5.41, 5.74) is 3.72. The molecule has 2 aromatic carbocycles. The first-order valence-corrected chi connectivity index (χ1v) is 13.0. The first-order chi connectivity index (χ1) is 15.4. The molecule has 180 valence electrons. The van der Waals surface area contributed by atoms with E-state index in [9.17, 15) is 13.2 Å². The zero-order chi connectivity index (χ0) is 24.9. The molecule has 6 heteroatoms. The van der Waals surface area contributed by atoms with Gasteiger partial charge in [-0.25, -0.2) is 12.4 Å². The van der Waals surface area contributed by atoms with Gasteiger partial charge in [-0.05, 0) is 46.6 Å². The number of fused-ring (bicyclic) bond motifs is 1. The van der Waals surface area contributed by atoms with Crippen LogP contribution in [0.1, 0.15) is 89.3 Å². The Morgan fingerprint density at radius 3 is 1.88 bits per heavy atom. The monoisotopic (exact) mass is 471 g/mol. The third-order valence-corrected chi connectivity index (χ3v) is 7.50. The van der Waals surface area contributed by atoms with Gasteiger partial charge in [0.25, 0.3) is 10.0 Å². The fraction of sp³-hybridized carbons (Fsp3) is 0.444. The van der Waals surface area contributed by atoms with Crippen LogP contribution < -0.4 is 0 Å². The lowest BCUT2D eigenvalue weighted by Crippen LogP contribution is -2.18. The Hall–Kier alpha value is -2.60. The fourth-order valence-electron chi connectivity index (χ4n) is 3.70. The highest BCUT2D eigenvalue weighted by atomic mass is 32.2. The van der Waals surface area contributed by atoms with E-state index in [0.29, 0.717) is 17.2 Å². The first-order valence-electron chi connectivity index (χ1n) is 11.5. The van der Waals surface area contributed by atoms with Crippen molar-refractivity contribution in [2.75, 3.05) is 7.11 Å². The highest BCUT2D eigenvalue weighted by molar-refractivity contribution is 7.90. The van der Waals surface area contributed by atoms with Crippen molar-refractivity contribution in [3.63, 3.8) is 0 Å². The lowest BCUT2D eigenvalue weighted by atomic mass is 9.89. The van der Waals surface area contributed by atoms with Crippen LogP contribution in [0.4, 0.5) is 0 Å². The molecule has 0 unspecified atom stereocenters. The molecule has 3 aromatic rings. The second-order valence-electron chi connectivity index (χ2n) is 9.10. The molecule has 0 atom stereocenters. The van der Waals surface area contributed by atoms with Gasteiger partial charge in [-0.15, -0.1) is 0 Å². The number of nitrogens with zero attached hydrogens (tertiary/aromatic N) is 1. The SMILES string of the molecule is CC(C)c1cc(C(C)C)c(S(=O)(=O)n2ccc3ccccc32)c(C(C)C)c1.CCC(=O)OC. The van der Waals surface area contributed by atoms with Crippen molar-refractivity contribution in [1.82, 2.24) is 3.97 Å². The number of para-hydroxylation sites is 1. The average molecular weight is 472 g/mol. The minimum Gasteiger partial charge on any atom is -0.469 e. The summed E-state index contributed by atoms with van der Waals surface area (Å²) < 4.78 is 33.3. The van der Waals surface area contributed by atoms with Crippen LogP contribution >= 0.6 is 0 Å². The number of benzene rings is 2. The minimum absolute atomic E-state index is 0.118. The maximum Gasteiger partial charge on any atom is 0.305 e. The van der Waals surface area contributed by atoms with Crippen LogP contribution in [0.3, 0.4) is 0 Å². The summed E-state index contributed by atoms with van der Waals surface area (Å²) >= 11 is 0. The summed E-state index contributed by atoms with van der Waals surface area (Å²) in [6.07, 6.45) is 2.14. The van der Waals surface area contributed by atoms with Gasteiger partial charge in [0, 0.05) is 18.0 Å². The molecule has 0 bridgehead atoms. The van der Waals surface area contributed by atoms with Gasteiger partial charge in [0.15, 0.2) is 0 Å². The van der Waals surface area contributed by atoms with Crippen LogP contribution in [-0.2, 0) is 19.6 Å². The number of ether oxygens (including phenoxy) is 1. The summed E-state index contributed by atoms with van der Waals surface area (Å²) in [4.78, 5) is 10.4. The molecule has 3 rings (SSSR count). The summed E-state index contributed by atoms with van der Waals surface area (Å²) in [5, 5.41) is 0.928. The van der Waals surface area contributed by atoms with Gasteiger partial charge in [-0.3, -0.25) is 4.79 Å². The van der Waals surface area contributed by atoms with Gasteiger partial charge in [-0.1, -0.05) is 78.8 Å². The van der Waals surface area contributed by atoms with E-state index in [4.69, 9.17) is 0 Å². The Balaban J connectivity index is 0.000000569. The molecule has 0 amide bonds. The third kappa shape index (κ3) is 5.85. The smallest absolute Gasteiger partial charge is 0.305 e. The molecule has 5 nitrogen and oxygen atoms in total. The highest BCUT2D eigenvalue weighted by Gasteiger charge is 2.29. The zero-order valence-electron chi connectivity index (χ0n) is 21.0. The molecule has 0 saturated heterocycles. The Labute approximate surface area is 198 Å². The van der Waals surface area contributed by atoms with Crippen LogP contribution in [0.15, 0.2) is 53.6 Å². The quantitative estimate of drug-likeness (QED) is 0.370. The summed E-state index contributed by atoms with van der Waals surface area (Å²) in [5.74, 6) is 0.430. The van der Waals surface area contributed by atoms with Gasteiger partial charge in [0.2, 0.25) is 0 Å². The normalized spacial score (nSPS) is 11.7. The standard InChI is InChI=1S/C23H29NO2S.C4H8O2/c1-15(2)19-13-20(16(3)4)23(21(14-19)17(5)6)27(25,26)24-12-11-18-9-7-8-10-22(18)24;1-3-4(5)6-2/h7-17H,1-6H3;3H2,1-2H3. The molecule has 0 aliphatic heterocycles. The molecule has 0 N–H and O–H groups in total. The molecule has 0 aliphatic rings. The number of aromatic nitrogens is 1. The highest BCUT2D eigenvalue weighted by Crippen LogP contribution is 2.37. The zero-order valence-corrected chi connectivity index (χ0v) is 21.9. The largest absolute Gasteiger partial charge is 0.469 e. The summed E-state index contributed by atoms with van der Waals surface area (Å²) in [7, 11) is -2.32. The van der Waals surface area contributed by atoms with E-state index in [1.54, 1.807) is 13.1 Å². The van der Waals surface area contributed by atoms with Crippen molar-refractivity contribution in [3.8, 4) is 0 Å². The van der Waals surface area contributed by atoms with Crippen molar-refractivity contribution in [1.29, 1.82) is 0 Å². The Kier molecular flexibility index (Phi) is 8.89. The average Bonchev–Trinajstić information content (AvgIpc) is 3.22. The topological polar surface area (TPSA) is 65.4 Å². The van der Waals surface area contributed by atoms with E-state index in [1.807, 2.05) is 30.3 Å². The van der Waals surface area contributed by atoms with Crippen LogP contribution in [0.2, 0.25) is 0 Å². The molecular formula is C27H37NO4S. The predicted octanol–water partition coefficient (Wildman–Crippen LogP) is 6.82. The molecule has 0 radical (unpaired) electrons. The molecule has 0 fully saturated rings. The van der Waals surface area contributed by atoms with Gasteiger partial charge < -0.3 is 4.74 Å². The van der Waals surface area contributed by atoms with Gasteiger partial charge in [0.1, 0.15) is 0 Å². The molecular weight excluding hydrogens is 434 g/mol. The second-order valence-corrected chi connectivity index (χ2v) is 10.8. The van der Waals surface area contributed by atoms with Crippen LogP contribution in [0.25, 0.3) is 10.9 Å². The molecule has 0 saturated carbocycles. The maximum absolute atomic E-state index is 13.8. The van der Waals surface area contributed by atoms with Crippen LogP contribution in [-0.4, -0.2) is 25.5 Å². The van der Waals surface area contributed by atoms with E-state index >= 15 is 0 Å². The van der Waals surface area contributed by atoms with Crippen molar-refractivity contribution in [2.24, 2.45) is 0 Å². The summed E-state index contributed by atoms with van der Waals surface area (Å²) in [6, 6.07) is 13.6. The molecule has 1 aromatic heterocycles. The second kappa shape index (κ2) is 11.0. The summed E-state index contributed by atoms with van der Waals surface area (Å²) in [6.45, 7) is 14.3. The lowest BCUT2D eigenvalue weighted by Gasteiger charge is -2.23. The maximum atomic E-state index is 13.8. The van der Waals surface area contributed by atoms with Crippen molar-refractivity contribution in [3.05, 3.63) is 65.4 Å². The van der Waals surface area contributed by atoms with E-state index in [1.165, 1.54) is 16.6 Å². The van der Waals surface area contributed by atoms with Gasteiger partial charge in [0.05, 0.1) is 17.5 Å². The van der Waals surface area contributed by atoms with E-state index < -0.39 is 10.0 Å². The van der Waals surface area contributed by atoms with E-state index in [-0.39, 0.29) is 17.8 Å². The van der Waals surface area contributed by atoms with E-state index in [2.05, 4.69) is 58.4 Å². The number of rotatable bonds is 6. The van der Waals surface area contributed by atoms with Crippen molar-refractivity contribution in [2.45, 2.75) is 77.5 Å². The predicted molar refractivity (Wildman–Crippen MR) is 136 cm³/mol.